The van der Waals surface area contributed by atoms with Gasteiger partial charge in [-0.05, 0) is 53.6 Å². The van der Waals surface area contributed by atoms with E-state index >= 15 is 0 Å². The highest BCUT2D eigenvalue weighted by Crippen LogP contribution is 2.26. The summed E-state index contributed by atoms with van der Waals surface area (Å²) >= 11 is 3.31. The molecule has 3 rings (SSSR count). The number of ether oxygens (including phenoxy) is 3. The molecule has 0 heterocycles. The van der Waals surface area contributed by atoms with Gasteiger partial charge >= 0.3 is 5.97 Å². The average Bonchev–Trinajstić information content (AvgIpc) is 2.81. The molecule has 0 spiro atoms. The van der Waals surface area contributed by atoms with Crippen molar-refractivity contribution < 1.29 is 23.8 Å². The Morgan fingerprint density at radius 1 is 0.871 bits per heavy atom. The number of benzene rings is 3. The number of carbonyl (C=O) groups is 2. The van der Waals surface area contributed by atoms with E-state index in [4.69, 9.17) is 14.2 Å². The van der Waals surface area contributed by atoms with E-state index in [1.807, 2.05) is 48.5 Å². The van der Waals surface area contributed by atoms with Crippen LogP contribution in [-0.4, -0.2) is 32.7 Å². The molecule has 31 heavy (non-hydrogen) atoms. The van der Waals surface area contributed by atoms with Crippen molar-refractivity contribution in [1.82, 2.24) is 5.32 Å². The Bertz CT molecular complexity index is 987. The molecule has 0 aliphatic rings. The van der Waals surface area contributed by atoms with Gasteiger partial charge in [0.25, 0.3) is 5.91 Å². The van der Waals surface area contributed by atoms with Crippen LogP contribution in [0, 0.1) is 0 Å². The highest BCUT2D eigenvalue weighted by atomic mass is 79.9. The largest absolute Gasteiger partial charge is 0.497 e. The minimum atomic E-state index is -0.568. The Morgan fingerprint density at radius 2 is 1.42 bits per heavy atom. The zero-order chi connectivity index (χ0) is 22.2. The van der Waals surface area contributed by atoms with E-state index in [1.165, 1.54) is 0 Å². The lowest BCUT2D eigenvalue weighted by atomic mass is 9.98. The molecule has 0 aliphatic carbocycles. The third-order valence-corrected chi connectivity index (χ3v) is 5.09. The van der Waals surface area contributed by atoms with Gasteiger partial charge in [0.05, 0.1) is 25.8 Å². The average molecular weight is 484 g/mol. The highest BCUT2D eigenvalue weighted by Gasteiger charge is 2.19. The molecule has 0 saturated heterocycles. The molecule has 0 fully saturated rings. The van der Waals surface area contributed by atoms with E-state index in [9.17, 15) is 9.59 Å². The maximum absolute atomic E-state index is 12.6. The number of hydrogen-bond donors (Lipinski definition) is 1. The van der Waals surface area contributed by atoms with Gasteiger partial charge in [0, 0.05) is 4.47 Å². The van der Waals surface area contributed by atoms with Crippen LogP contribution in [0.1, 0.15) is 27.5 Å². The summed E-state index contributed by atoms with van der Waals surface area (Å²) in [6, 6.07) is 21.2. The summed E-state index contributed by atoms with van der Waals surface area (Å²) in [5.41, 5.74) is 2.08. The van der Waals surface area contributed by atoms with Gasteiger partial charge in [-0.2, -0.15) is 0 Å². The molecule has 0 saturated carbocycles. The highest BCUT2D eigenvalue weighted by molar-refractivity contribution is 9.10. The molecule has 160 valence electrons. The monoisotopic (exact) mass is 483 g/mol. The lowest BCUT2D eigenvalue weighted by Gasteiger charge is -2.20. The van der Waals surface area contributed by atoms with Crippen molar-refractivity contribution >= 4 is 27.8 Å². The van der Waals surface area contributed by atoms with Crippen molar-refractivity contribution in [1.29, 1.82) is 0 Å². The molecule has 0 bridgehead atoms. The van der Waals surface area contributed by atoms with Crippen molar-refractivity contribution in [3.8, 4) is 11.5 Å². The molecule has 6 nitrogen and oxygen atoms in total. The van der Waals surface area contributed by atoms with E-state index < -0.39 is 24.5 Å². The quantitative estimate of drug-likeness (QED) is 0.476. The lowest BCUT2D eigenvalue weighted by molar-refractivity contribution is -0.124. The van der Waals surface area contributed by atoms with Gasteiger partial charge in [0.15, 0.2) is 6.61 Å². The number of carbonyl (C=O) groups excluding carboxylic acids is 2. The first-order valence-corrected chi connectivity index (χ1v) is 10.3. The van der Waals surface area contributed by atoms with E-state index in [1.54, 1.807) is 38.5 Å². The van der Waals surface area contributed by atoms with Crippen LogP contribution < -0.4 is 14.8 Å². The molecular formula is C24H22BrNO5. The summed E-state index contributed by atoms with van der Waals surface area (Å²) in [6.45, 7) is -0.395. The van der Waals surface area contributed by atoms with Gasteiger partial charge in [-0.15, -0.1) is 0 Å². The maximum atomic E-state index is 12.6. The predicted molar refractivity (Wildman–Crippen MR) is 120 cm³/mol. The summed E-state index contributed by atoms with van der Waals surface area (Å²) in [5.74, 6) is 0.444. The first kappa shape index (κ1) is 22.4. The molecule has 3 aromatic rings. The fourth-order valence-electron chi connectivity index (χ4n) is 2.98. The number of rotatable bonds is 8. The molecule has 0 aromatic heterocycles. The number of methoxy groups -OCH3 is 2. The topological polar surface area (TPSA) is 73.9 Å². The molecular weight excluding hydrogens is 462 g/mol. The van der Waals surface area contributed by atoms with Gasteiger partial charge in [0.2, 0.25) is 0 Å². The summed E-state index contributed by atoms with van der Waals surface area (Å²) in [4.78, 5) is 24.8. The van der Waals surface area contributed by atoms with Crippen LogP contribution >= 0.6 is 15.9 Å². The summed E-state index contributed by atoms with van der Waals surface area (Å²) < 4.78 is 16.4. The zero-order valence-corrected chi connectivity index (χ0v) is 18.7. The van der Waals surface area contributed by atoms with Crippen LogP contribution in [0.15, 0.2) is 77.3 Å². The standard InChI is InChI=1S/C24H22BrNO5/c1-29-20-10-6-16(7-11-20)23(17-8-12-21(30-2)13-9-17)26-22(27)15-31-24(28)18-4-3-5-19(25)14-18/h3-14,23H,15H2,1-2H3,(H,26,27). The van der Waals surface area contributed by atoms with Gasteiger partial charge in [-0.25, -0.2) is 4.79 Å². The Kier molecular flexibility index (Phi) is 7.67. The second-order valence-electron chi connectivity index (χ2n) is 6.63. The minimum Gasteiger partial charge on any atom is -0.497 e. The van der Waals surface area contributed by atoms with Crippen LogP contribution in [0.5, 0.6) is 11.5 Å². The van der Waals surface area contributed by atoms with Crippen molar-refractivity contribution in [3.63, 3.8) is 0 Å². The van der Waals surface area contributed by atoms with E-state index in [0.29, 0.717) is 17.1 Å². The van der Waals surface area contributed by atoms with Crippen LogP contribution in [0.4, 0.5) is 0 Å². The number of halogens is 1. The lowest BCUT2D eigenvalue weighted by Crippen LogP contribution is -2.33. The predicted octanol–water partition coefficient (Wildman–Crippen LogP) is 4.53. The Labute approximate surface area is 189 Å². The first-order valence-electron chi connectivity index (χ1n) is 9.50. The molecule has 0 aliphatic heterocycles. The van der Waals surface area contributed by atoms with Gasteiger partial charge in [-0.1, -0.05) is 46.3 Å². The van der Waals surface area contributed by atoms with Crippen molar-refractivity contribution in [2.24, 2.45) is 0 Å². The zero-order valence-electron chi connectivity index (χ0n) is 17.1. The van der Waals surface area contributed by atoms with Crippen LogP contribution in [-0.2, 0) is 9.53 Å². The van der Waals surface area contributed by atoms with Crippen molar-refractivity contribution in [2.45, 2.75) is 6.04 Å². The van der Waals surface area contributed by atoms with E-state index in [-0.39, 0.29) is 0 Å². The van der Waals surface area contributed by atoms with Crippen molar-refractivity contribution in [2.75, 3.05) is 20.8 Å². The Hall–Kier alpha value is -3.32. The SMILES string of the molecule is COc1ccc(C(NC(=O)COC(=O)c2cccc(Br)c2)c2ccc(OC)cc2)cc1. The molecule has 3 aromatic carbocycles. The summed E-state index contributed by atoms with van der Waals surface area (Å²) in [5, 5.41) is 2.94. The third kappa shape index (κ3) is 6.08. The van der Waals surface area contributed by atoms with Gasteiger partial charge in [-0.3, -0.25) is 4.79 Å². The number of hydrogen-bond acceptors (Lipinski definition) is 5. The van der Waals surface area contributed by atoms with Gasteiger partial charge < -0.3 is 19.5 Å². The Balaban J connectivity index is 1.73. The van der Waals surface area contributed by atoms with Crippen LogP contribution in [0.3, 0.4) is 0 Å². The number of esters is 1. The second kappa shape index (κ2) is 10.6. The second-order valence-corrected chi connectivity index (χ2v) is 7.55. The van der Waals surface area contributed by atoms with E-state index in [2.05, 4.69) is 21.2 Å². The normalized spacial score (nSPS) is 10.5. The molecule has 1 N–H and O–H groups in total. The minimum absolute atomic E-state index is 0.365. The molecule has 1 amide bonds. The van der Waals surface area contributed by atoms with Crippen molar-refractivity contribution in [3.05, 3.63) is 94.0 Å². The molecule has 0 atom stereocenters. The fraction of sp³-hybridized carbons (Fsp3) is 0.167. The number of amides is 1. The molecule has 7 heteroatoms. The molecule has 0 unspecified atom stereocenters. The number of nitrogens with one attached hydrogen (secondary N) is 1. The van der Waals surface area contributed by atoms with Crippen LogP contribution in [0.25, 0.3) is 0 Å². The van der Waals surface area contributed by atoms with Gasteiger partial charge in [0.1, 0.15) is 11.5 Å². The summed E-state index contributed by atoms with van der Waals surface area (Å²) in [6.07, 6.45) is 0. The smallest absolute Gasteiger partial charge is 0.338 e. The fourth-order valence-corrected chi connectivity index (χ4v) is 3.38. The van der Waals surface area contributed by atoms with E-state index in [0.717, 1.165) is 15.6 Å². The maximum Gasteiger partial charge on any atom is 0.338 e. The molecule has 0 radical (unpaired) electrons. The Morgan fingerprint density at radius 3 is 1.90 bits per heavy atom. The summed E-state index contributed by atoms with van der Waals surface area (Å²) in [7, 11) is 3.19. The third-order valence-electron chi connectivity index (χ3n) is 4.60. The first-order chi connectivity index (χ1) is 15.0. The van der Waals surface area contributed by atoms with Crippen LogP contribution in [0.2, 0.25) is 0 Å².